The Bertz CT molecular complexity index is 932. The number of hydrogen-bond donors (Lipinski definition) is 1. The lowest BCUT2D eigenvalue weighted by atomic mass is 10.1. The first-order valence-corrected chi connectivity index (χ1v) is 9.99. The molecule has 1 N–H and O–H groups in total. The van der Waals surface area contributed by atoms with Crippen molar-refractivity contribution in [2.45, 2.75) is 59.7 Å². The third-order valence-corrected chi connectivity index (χ3v) is 4.89. The summed E-state index contributed by atoms with van der Waals surface area (Å²) < 4.78 is 3.86. The van der Waals surface area contributed by atoms with Crippen LogP contribution in [-0.4, -0.2) is 15.2 Å². The third kappa shape index (κ3) is 4.62. The quantitative estimate of drug-likeness (QED) is 0.616. The van der Waals surface area contributed by atoms with Crippen molar-refractivity contribution in [3.63, 3.8) is 0 Å². The lowest BCUT2D eigenvalue weighted by Crippen LogP contribution is -2.25. The van der Waals surface area contributed by atoms with Gasteiger partial charge in [0.2, 0.25) is 0 Å². The number of fused-ring (bicyclic) bond motifs is 1. The molecule has 0 radical (unpaired) electrons. The number of rotatable bonds is 8. The van der Waals surface area contributed by atoms with E-state index in [9.17, 15) is 4.79 Å². The summed E-state index contributed by atoms with van der Waals surface area (Å²) in [6.45, 7) is 10.1. The van der Waals surface area contributed by atoms with Gasteiger partial charge >= 0.3 is 5.69 Å². The van der Waals surface area contributed by atoms with Crippen molar-refractivity contribution in [2.24, 2.45) is 5.92 Å². The van der Waals surface area contributed by atoms with E-state index in [1.165, 1.54) is 5.56 Å². The maximum absolute atomic E-state index is 13.0. The monoisotopic (exact) mass is 365 g/mol. The Morgan fingerprint density at radius 1 is 0.852 bits per heavy atom. The summed E-state index contributed by atoms with van der Waals surface area (Å²) in [4.78, 5) is 13.0. The van der Waals surface area contributed by atoms with Gasteiger partial charge in [-0.2, -0.15) is 0 Å². The van der Waals surface area contributed by atoms with Crippen LogP contribution in [0.3, 0.4) is 0 Å². The molecule has 1 aromatic heterocycles. The van der Waals surface area contributed by atoms with E-state index in [2.05, 4.69) is 69.4 Å². The predicted molar refractivity (Wildman–Crippen MR) is 115 cm³/mol. The fourth-order valence-electron chi connectivity index (χ4n) is 3.43. The second-order valence-electron chi connectivity index (χ2n) is 8.00. The highest BCUT2D eigenvalue weighted by molar-refractivity contribution is 5.76. The van der Waals surface area contributed by atoms with Crippen molar-refractivity contribution < 1.29 is 0 Å². The van der Waals surface area contributed by atoms with Gasteiger partial charge < -0.3 is 5.32 Å². The summed E-state index contributed by atoms with van der Waals surface area (Å²) in [5.74, 6) is 0.581. The second-order valence-corrected chi connectivity index (χ2v) is 8.00. The first kappa shape index (κ1) is 19.3. The van der Waals surface area contributed by atoms with E-state index >= 15 is 0 Å². The molecule has 0 saturated heterocycles. The molecule has 27 heavy (non-hydrogen) atoms. The van der Waals surface area contributed by atoms with Gasteiger partial charge in [-0.1, -0.05) is 38.1 Å². The summed E-state index contributed by atoms with van der Waals surface area (Å²) in [7, 11) is 0. The molecule has 4 heteroatoms. The van der Waals surface area contributed by atoms with Crippen molar-refractivity contribution in [3.05, 3.63) is 64.6 Å². The Morgan fingerprint density at radius 3 is 2.00 bits per heavy atom. The average Bonchev–Trinajstić information content (AvgIpc) is 2.90. The first-order chi connectivity index (χ1) is 13.0. The smallest absolute Gasteiger partial charge is 0.329 e. The number of aromatic nitrogens is 2. The molecule has 2 aromatic carbocycles. The number of para-hydroxylation sites is 2. The first-order valence-electron chi connectivity index (χ1n) is 9.99. The van der Waals surface area contributed by atoms with Crippen LogP contribution in [0.15, 0.2) is 53.3 Å². The molecule has 0 spiro atoms. The number of hydrogen-bond acceptors (Lipinski definition) is 2. The van der Waals surface area contributed by atoms with Crippen molar-refractivity contribution >= 4 is 16.7 Å². The van der Waals surface area contributed by atoms with Crippen molar-refractivity contribution in [1.29, 1.82) is 0 Å². The summed E-state index contributed by atoms with van der Waals surface area (Å²) in [5.41, 5.74) is 4.56. The molecular weight excluding hydrogens is 334 g/mol. The summed E-state index contributed by atoms with van der Waals surface area (Å²) in [5, 5.41) is 3.41. The standard InChI is InChI=1S/C23H31N3O/c1-17(2)13-15-25-21-7-5-6-8-22(21)26(23(25)27)16-14-19-9-11-20(12-10-19)24-18(3)4/h5-12,17-18,24H,13-16H2,1-4H3. The van der Waals surface area contributed by atoms with E-state index in [1.54, 1.807) is 0 Å². The topological polar surface area (TPSA) is 39.0 Å². The molecular formula is C23H31N3O. The van der Waals surface area contributed by atoms with Crippen LogP contribution in [0.25, 0.3) is 11.0 Å². The normalized spacial score (nSPS) is 11.6. The predicted octanol–water partition coefficient (Wildman–Crippen LogP) is 4.91. The Kier molecular flexibility index (Phi) is 6.04. The van der Waals surface area contributed by atoms with E-state index < -0.39 is 0 Å². The molecule has 0 unspecified atom stereocenters. The number of nitrogens with one attached hydrogen (secondary N) is 1. The van der Waals surface area contributed by atoms with Crippen molar-refractivity contribution in [1.82, 2.24) is 9.13 Å². The van der Waals surface area contributed by atoms with Gasteiger partial charge in [0.1, 0.15) is 0 Å². The van der Waals surface area contributed by atoms with Gasteiger partial charge in [0, 0.05) is 24.8 Å². The molecule has 0 aliphatic carbocycles. The highest BCUT2D eigenvalue weighted by atomic mass is 16.1. The number of imidazole rings is 1. The Labute approximate surface area is 161 Å². The molecule has 4 nitrogen and oxygen atoms in total. The van der Waals surface area contributed by atoms with E-state index in [0.717, 1.165) is 36.1 Å². The lowest BCUT2D eigenvalue weighted by Gasteiger charge is -2.10. The van der Waals surface area contributed by atoms with E-state index in [1.807, 2.05) is 21.3 Å². The van der Waals surface area contributed by atoms with E-state index in [-0.39, 0.29) is 5.69 Å². The van der Waals surface area contributed by atoms with Crippen LogP contribution in [0.5, 0.6) is 0 Å². The molecule has 0 fully saturated rings. The fraction of sp³-hybridized carbons (Fsp3) is 0.435. The molecule has 0 saturated carbocycles. The number of benzene rings is 2. The van der Waals surface area contributed by atoms with Crippen LogP contribution < -0.4 is 11.0 Å². The Hall–Kier alpha value is -2.49. The van der Waals surface area contributed by atoms with Crippen LogP contribution in [0.4, 0.5) is 5.69 Å². The van der Waals surface area contributed by atoms with Gasteiger partial charge in [0.05, 0.1) is 11.0 Å². The van der Waals surface area contributed by atoms with Gasteiger partial charge in [0.15, 0.2) is 0 Å². The summed E-state index contributed by atoms with van der Waals surface area (Å²) >= 11 is 0. The molecule has 0 bridgehead atoms. The van der Waals surface area contributed by atoms with Gasteiger partial charge in [-0.05, 0) is 62.4 Å². The highest BCUT2D eigenvalue weighted by Crippen LogP contribution is 2.16. The number of aryl methyl sites for hydroxylation is 3. The fourth-order valence-corrected chi connectivity index (χ4v) is 3.43. The zero-order valence-corrected chi connectivity index (χ0v) is 16.9. The van der Waals surface area contributed by atoms with Crippen molar-refractivity contribution in [3.8, 4) is 0 Å². The van der Waals surface area contributed by atoms with Crippen LogP contribution in [0.2, 0.25) is 0 Å². The van der Waals surface area contributed by atoms with E-state index in [4.69, 9.17) is 0 Å². The summed E-state index contributed by atoms with van der Waals surface area (Å²) in [6, 6.07) is 17.1. The maximum Gasteiger partial charge on any atom is 0.329 e. The van der Waals surface area contributed by atoms with Gasteiger partial charge in [0.25, 0.3) is 0 Å². The SMILES string of the molecule is CC(C)CCn1c(=O)n(CCc2ccc(NC(C)C)cc2)c2ccccc21. The minimum atomic E-state index is 0.106. The molecule has 3 aromatic rings. The minimum Gasteiger partial charge on any atom is -0.383 e. The highest BCUT2D eigenvalue weighted by Gasteiger charge is 2.13. The third-order valence-electron chi connectivity index (χ3n) is 4.89. The van der Waals surface area contributed by atoms with Gasteiger partial charge in [-0.3, -0.25) is 9.13 Å². The largest absolute Gasteiger partial charge is 0.383 e. The molecule has 144 valence electrons. The van der Waals surface area contributed by atoms with E-state index in [0.29, 0.717) is 18.5 Å². The molecule has 1 heterocycles. The number of anilines is 1. The molecule has 0 aliphatic rings. The summed E-state index contributed by atoms with van der Waals surface area (Å²) in [6.07, 6.45) is 1.86. The van der Waals surface area contributed by atoms with Crippen molar-refractivity contribution in [2.75, 3.05) is 5.32 Å². The van der Waals surface area contributed by atoms with Crippen LogP contribution in [0.1, 0.15) is 39.7 Å². The van der Waals surface area contributed by atoms with Gasteiger partial charge in [-0.15, -0.1) is 0 Å². The van der Waals surface area contributed by atoms with Gasteiger partial charge in [-0.25, -0.2) is 4.79 Å². The average molecular weight is 366 g/mol. The molecule has 3 rings (SSSR count). The zero-order valence-electron chi connectivity index (χ0n) is 16.9. The van der Waals surface area contributed by atoms with Crippen LogP contribution >= 0.6 is 0 Å². The molecule has 0 atom stereocenters. The Morgan fingerprint density at radius 2 is 1.44 bits per heavy atom. The zero-order chi connectivity index (χ0) is 19.4. The lowest BCUT2D eigenvalue weighted by molar-refractivity contribution is 0.507. The number of nitrogens with zero attached hydrogens (tertiary/aromatic N) is 2. The second kappa shape index (κ2) is 8.47. The molecule has 0 amide bonds. The van der Waals surface area contributed by atoms with Crippen LogP contribution in [-0.2, 0) is 19.5 Å². The maximum atomic E-state index is 13.0. The minimum absolute atomic E-state index is 0.106. The van der Waals surface area contributed by atoms with Crippen LogP contribution in [0, 0.1) is 5.92 Å². The Balaban J connectivity index is 1.80. The molecule has 0 aliphatic heterocycles.